The van der Waals surface area contributed by atoms with Gasteiger partial charge in [0.25, 0.3) is 5.91 Å². The summed E-state index contributed by atoms with van der Waals surface area (Å²) < 4.78 is 5.12. The van der Waals surface area contributed by atoms with E-state index in [0.717, 1.165) is 0 Å². The summed E-state index contributed by atoms with van der Waals surface area (Å²) in [5.41, 5.74) is 0.954. The van der Waals surface area contributed by atoms with Gasteiger partial charge in [-0.15, -0.1) is 0 Å². The number of hydrogen-bond donors (Lipinski definition) is 1. The number of benzene rings is 2. The van der Waals surface area contributed by atoms with Gasteiger partial charge in [0.15, 0.2) is 6.10 Å². The van der Waals surface area contributed by atoms with E-state index in [0.29, 0.717) is 16.3 Å². The predicted molar refractivity (Wildman–Crippen MR) is 81.4 cm³/mol. The number of carbonyl (C=O) groups is 2. The van der Waals surface area contributed by atoms with E-state index in [-0.39, 0.29) is 0 Å². The molecule has 0 aliphatic rings. The molecular weight excluding hydrogens is 290 g/mol. The van der Waals surface area contributed by atoms with E-state index in [1.807, 2.05) is 6.07 Å². The van der Waals surface area contributed by atoms with Crippen molar-refractivity contribution < 1.29 is 14.3 Å². The molecule has 0 aliphatic carbocycles. The Bertz CT molecular complexity index is 643. The molecule has 1 atom stereocenters. The summed E-state index contributed by atoms with van der Waals surface area (Å²) in [7, 11) is 0. The Labute approximate surface area is 127 Å². The first-order valence-electron chi connectivity index (χ1n) is 6.39. The van der Waals surface area contributed by atoms with Gasteiger partial charge in [-0.25, -0.2) is 4.79 Å². The van der Waals surface area contributed by atoms with Crippen molar-refractivity contribution in [1.82, 2.24) is 0 Å². The minimum absolute atomic E-state index is 0.307. The van der Waals surface area contributed by atoms with Crippen LogP contribution in [0, 0.1) is 0 Å². The molecule has 5 heteroatoms. The molecular formula is C16H14ClNO3. The van der Waals surface area contributed by atoms with Crippen LogP contribution in [0.5, 0.6) is 0 Å². The van der Waals surface area contributed by atoms with E-state index < -0.39 is 18.0 Å². The highest BCUT2D eigenvalue weighted by Crippen LogP contribution is 2.13. The van der Waals surface area contributed by atoms with Crippen molar-refractivity contribution in [3.8, 4) is 0 Å². The number of esters is 1. The van der Waals surface area contributed by atoms with Gasteiger partial charge in [0.05, 0.1) is 5.56 Å². The molecule has 2 aromatic rings. The third kappa shape index (κ3) is 4.33. The smallest absolute Gasteiger partial charge is 0.338 e. The van der Waals surface area contributed by atoms with E-state index in [2.05, 4.69) is 5.32 Å². The largest absolute Gasteiger partial charge is 0.449 e. The maximum absolute atomic E-state index is 11.9. The molecule has 0 fully saturated rings. The molecule has 0 aliphatic heterocycles. The Morgan fingerprint density at radius 2 is 1.81 bits per heavy atom. The highest BCUT2D eigenvalue weighted by molar-refractivity contribution is 6.30. The van der Waals surface area contributed by atoms with Crippen LogP contribution >= 0.6 is 11.6 Å². The quantitative estimate of drug-likeness (QED) is 0.879. The van der Waals surface area contributed by atoms with Crippen LogP contribution in [0.2, 0.25) is 5.02 Å². The molecule has 108 valence electrons. The van der Waals surface area contributed by atoms with E-state index in [1.165, 1.54) is 13.0 Å². The Kier molecular flexibility index (Phi) is 4.95. The molecule has 0 aromatic heterocycles. The molecule has 1 amide bonds. The van der Waals surface area contributed by atoms with Crippen LogP contribution in [-0.2, 0) is 9.53 Å². The van der Waals surface area contributed by atoms with Gasteiger partial charge in [0.1, 0.15) is 0 Å². The van der Waals surface area contributed by atoms with E-state index in [4.69, 9.17) is 16.3 Å². The summed E-state index contributed by atoms with van der Waals surface area (Å²) in [6.45, 7) is 1.51. The molecule has 21 heavy (non-hydrogen) atoms. The first kappa shape index (κ1) is 15.1. The predicted octanol–water partition coefficient (Wildman–Crippen LogP) is 3.52. The van der Waals surface area contributed by atoms with Gasteiger partial charge < -0.3 is 10.1 Å². The topological polar surface area (TPSA) is 55.4 Å². The highest BCUT2D eigenvalue weighted by atomic mass is 35.5. The van der Waals surface area contributed by atoms with Crippen LogP contribution in [-0.4, -0.2) is 18.0 Å². The van der Waals surface area contributed by atoms with E-state index >= 15 is 0 Å². The summed E-state index contributed by atoms with van der Waals surface area (Å²) in [4.78, 5) is 23.8. The maximum Gasteiger partial charge on any atom is 0.338 e. The van der Waals surface area contributed by atoms with Crippen LogP contribution in [0.15, 0.2) is 54.6 Å². The van der Waals surface area contributed by atoms with Crippen LogP contribution in [0.1, 0.15) is 17.3 Å². The zero-order valence-corrected chi connectivity index (χ0v) is 12.1. The lowest BCUT2D eigenvalue weighted by atomic mass is 10.2. The molecule has 0 bridgehead atoms. The molecule has 0 radical (unpaired) electrons. The number of nitrogens with one attached hydrogen (secondary N) is 1. The van der Waals surface area contributed by atoms with Gasteiger partial charge in [-0.3, -0.25) is 4.79 Å². The number of rotatable bonds is 4. The third-order valence-corrected chi connectivity index (χ3v) is 2.99. The van der Waals surface area contributed by atoms with Crippen molar-refractivity contribution in [2.24, 2.45) is 0 Å². The fraction of sp³-hybridized carbons (Fsp3) is 0.125. The minimum atomic E-state index is -0.906. The van der Waals surface area contributed by atoms with Crippen molar-refractivity contribution in [1.29, 1.82) is 0 Å². The molecule has 4 nitrogen and oxygen atoms in total. The first-order valence-corrected chi connectivity index (χ1v) is 6.76. The Morgan fingerprint density at radius 1 is 1.10 bits per heavy atom. The molecule has 2 rings (SSSR count). The fourth-order valence-electron chi connectivity index (χ4n) is 1.66. The monoisotopic (exact) mass is 303 g/mol. The van der Waals surface area contributed by atoms with Crippen LogP contribution in [0.3, 0.4) is 0 Å². The zero-order valence-electron chi connectivity index (χ0n) is 11.4. The summed E-state index contributed by atoms with van der Waals surface area (Å²) >= 11 is 5.81. The molecule has 0 spiro atoms. The first-order chi connectivity index (χ1) is 10.1. The van der Waals surface area contributed by atoms with Gasteiger partial charge in [-0.2, -0.15) is 0 Å². The normalized spacial score (nSPS) is 11.5. The number of para-hydroxylation sites is 1. The number of carbonyl (C=O) groups excluding carboxylic acids is 2. The van der Waals surface area contributed by atoms with Gasteiger partial charge in [-0.05, 0) is 37.3 Å². The summed E-state index contributed by atoms with van der Waals surface area (Å²) in [6, 6.07) is 15.3. The molecule has 0 heterocycles. The van der Waals surface area contributed by atoms with Gasteiger partial charge >= 0.3 is 5.97 Å². The summed E-state index contributed by atoms with van der Waals surface area (Å²) in [5, 5.41) is 3.10. The van der Waals surface area contributed by atoms with E-state index in [1.54, 1.807) is 42.5 Å². The number of halogens is 1. The Hall–Kier alpha value is -2.33. The van der Waals surface area contributed by atoms with Crippen molar-refractivity contribution in [3.05, 3.63) is 65.2 Å². The van der Waals surface area contributed by atoms with E-state index in [9.17, 15) is 9.59 Å². The van der Waals surface area contributed by atoms with Gasteiger partial charge in [-0.1, -0.05) is 35.9 Å². The van der Waals surface area contributed by atoms with Crippen LogP contribution in [0.4, 0.5) is 5.69 Å². The Balaban J connectivity index is 1.96. The molecule has 0 saturated carbocycles. The van der Waals surface area contributed by atoms with Crippen molar-refractivity contribution in [2.45, 2.75) is 13.0 Å². The van der Waals surface area contributed by atoms with Crippen molar-refractivity contribution in [3.63, 3.8) is 0 Å². The van der Waals surface area contributed by atoms with Gasteiger partial charge in [0.2, 0.25) is 0 Å². The van der Waals surface area contributed by atoms with Crippen LogP contribution in [0.25, 0.3) is 0 Å². The fourth-order valence-corrected chi connectivity index (χ4v) is 1.85. The molecule has 1 N–H and O–H groups in total. The van der Waals surface area contributed by atoms with Crippen molar-refractivity contribution >= 4 is 29.2 Å². The SMILES string of the molecule is C[C@H](OC(=O)c1cccc(Cl)c1)C(=O)Nc1ccccc1. The van der Waals surface area contributed by atoms with Gasteiger partial charge in [0, 0.05) is 10.7 Å². The summed E-state index contributed by atoms with van der Waals surface area (Å²) in [6.07, 6.45) is -0.906. The zero-order chi connectivity index (χ0) is 15.2. The third-order valence-electron chi connectivity index (χ3n) is 2.75. The standard InChI is InChI=1S/C16H14ClNO3/c1-11(15(19)18-14-8-3-2-4-9-14)21-16(20)12-6-5-7-13(17)10-12/h2-11H,1H3,(H,18,19)/t11-/m0/s1. The summed E-state index contributed by atoms with van der Waals surface area (Å²) in [5.74, 6) is -0.982. The Morgan fingerprint density at radius 3 is 2.48 bits per heavy atom. The molecule has 2 aromatic carbocycles. The average molecular weight is 304 g/mol. The average Bonchev–Trinajstić information content (AvgIpc) is 2.48. The second kappa shape index (κ2) is 6.90. The number of hydrogen-bond acceptors (Lipinski definition) is 3. The number of ether oxygens (including phenoxy) is 1. The van der Waals surface area contributed by atoms with Crippen LogP contribution < -0.4 is 5.32 Å². The number of anilines is 1. The highest BCUT2D eigenvalue weighted by Gasteiger charge is 2.19. The van der Waals surface area contributed by atoms with Crippen molar-refractivity contribution in [2.75, 3.05) is 5.32 Å². The lowest BCUT2D eigenvalue weighted by Crippen LogP contribution is -2.29. The lowest BCUT2D eigenvalue weighted by Gasteiger charge is -2.13. The minimum Gasteiger partial charge on any atom is -0.449 e. The number of amides is 1. The maximum atomic E-state index is 11.9. The molecule has 0 saturated heterocycles. The second-order valence-electron chi connectivity index (χ2n) is 4.41. The lowest BCUT2D eigenvalue weighted by molar-refractivity contribution is -0.123. The second-order valence-corrected chi connectivity index (χ2v) is 4.85. The molecule has 0 unspecified atom stereocenters.